The molecule has 0 atom stereocenters. The standard InChI is InChI=1S/C14H21N3O/c1-4-17(5-2)9-8-11-10-15-12-6-7-13(18-3)16-14(11)12/h6-7,10,15H,4-5,8-9H2,1-3H3. The molecule has 98 valence electrons. The third-order valence-electron chi connectivity index (χ3n) is 3.38. The van der Waals surface area contributed by atoms with Gasteiger partial charge in [-0.05, 0) is 31.1 Å². The van der Waals surface area contributed by atoms with Crippen LogP contribution in [0.15, 0.2) is 18.3 Å². The molecule has 2 aromatic rings. The van der Waals surface area contributed by atoms with Gasteiger partial charge in [-0.1, -0.05) is 13.8 Å². The van der Waals surface area contributed by atoms with Crippen LogP contribution in [0.1, 0.15) is 19.4 Å². The molecular formula is C14H21N3O. The van der Waals surface area contributed by atoms with E-state index in [0.29, 0.717) is 5.88 Å². The first-order chi connectivity index (χ1) is 8.78. The van der Waals surface area contributed by atoms with Crippen molar-refractivity contribution in [1.29, 1.82) is 0 Å². The Morgan fingerprint density at radius 3 is 2.72 bits per heavy atom. The zero-order chi connectivity index (χ0) is 13.0. The van der Waals surface area contributed by atoms with E-state index >= 15 is 0 Å². The summed E-state index contributed by atoms with van der Waals surface area (Å²) in [7, 11) is 1.65. The maximum absolute atomic E-state index is 5.18. The Bertz CT molecular complexity index is 503. The highest BCUT2D eigenvalue weighted by atomic mass is 16.5. The molecule has 0 amide bonds. The molecule has 0 bridgehead atoms. The van der Waals surface area contributed by atoms with Crippen molar-refractivity contribution in [2.75, 3.05) is 26.7 Å². The van der Waals surface area contributed by atoms with Crippen molar-refractivity contribution < 1.29 is 4.74 Å². The molecule has 0 aliphatic carbocycles. The highest BCUT2D eigenvalue weighted by Gasteiger charge is 2.08. The third kappa shape index (κ3) is 2.64. The molecule has 0 saturated heterocycles. The molecule has 0 aliphatic heterocycles. The minimum atomic E-state index is 0.672. The Morgan fingerprint density at radius 2 is 2.06 bits per heavy atom. The second-order valence-electron chi connectivity index (χ2n) is 4.34. The SMILES string of the molecule is CCN(CC)CCc1c[nH]c2ccc(OC)nc12. The van der Waals surface area contributed by atoms with Crippen LogP contribution < -0.4 is 4.74 Å². The number of rotatable bonds is 6. The minimum absolute atomic E-state index is 0.672. The van der Waals surface area contributed by atoms with Gasteiger partial charge in [0.2, 0.25) is 5.88 Å². The maximum atomic E-state index is 5.18. The van der Waals surface area contributed by atoms with Crippen LogP contribution in [0, 0.1) is 0 Å². The quantitative estimate of drug-likeness (QED) is 0.852. The predicted octanol–water partition coefficient (Wildman–Crippen LogP) is 2.46. The van der Waals surface area contributed by atoms with E-state index in [2.05, 4.69) is 34.9 Å². The van der Waals surface area contributed by atoms with Gasteiger partial charge in [0.1, 0.15) is 0 Å². The summed E-state index contributed by atoms with van der Waals surface area (Å²) in [5.41, 5.74) is 3.36. The molecule has 2 rings (SSSR count). The van der Waals surface area contributed by atoms with Crippen LogP contribution in [0.5, 0.6) is 5.88 Å². The van der Waals surface area contributed by atoms with Crippen LogP contribution in [0.25, 0.3) is 11.0 Å². The summed E-state index contributed by atoms with van der Waals surface area (Å²) in [6, 6.07) is 3.90. The number of pyridine rings is 1. The fraction of sp³-hybridized carbons (Fsp3) is 0.500. The first-order valence-electron chi connectivity index (χ1n) is 6.51. The van der Waals surface area contributed by atoms with E-state index in [9.17, 15) is 0 Å². The first-order valence-corrected chi connectivity index (χ1v) is 6.51. The largest absolute Gasteiger partial charge is 0.481 e. The lowest BCUT2D eigenvalue weighted by molar-refractivity contribution is 0.308. The van der Waals surface area contributed by atoms with Gasteiger partial charge < -0.3 is 14.6 Å². The average molecular weight is 247 g/mol. The molecular weight excluding hydrogens is 226 g/mol. The summed E-state index contributed by atoms with van der Waals surface area (Å²) in [6.07, 6.45) is 3.07. The van der Waals surface area contributed by atoms with Gasteiger partial charge in [-0.2, -0.15) is 0 Å². The van der Waals surface area contributed by atoms with Crippen LogP contribution in [-0.4, -0.2) is 41.6 Å². The average Bonchev–Trinajstić information content (AvgIpc) is 2.82. The summed E-state index contributed by atoms with van der Waals surface area (Å²) >= 11 is 0. The zero-order valence-corrected chi connectivity index (χ0v) is 11.4. The molecule has 4 nitrogen and oxygen atoms in total. The summed E-state index contributed by atoms with van der Waals surface area (Å²) in [4.78, 5) is 10.2. The molecule has 0 unspecified atom stereocenters. The van der Waals surface area contributed by atoms with Crippen LogP contribution in [0.3, 0.4) is 0 Å². The summed E-state index contributed by atoms with van der Waals surface area (Å²) < 4.78 is 5.18. The van der Waals surface area contributed by atoms with Crippen molar-refractivity contribution in [2.45, 2.75) is 20.3 Å². The number of H-pyrrole nitrogens is 1. The third-order valence-corrected chi connectivity index (χ3v) is 3.38. The molecule has 18 heavy (non-hydrogen) atoms. The van der Waals surface area contributed by atoms with E-state index in [-0.39, 0.29) is 0 Å². The molecule has 1 N–H and O–H groups in total. The van der Waals surface area contributed by atoms with Crippen LogP contribution >= 0.6 is 0 Å². The number of fused-ring (bicyclic) bond motifs is 1. The lowest BCUT2D eigenvalue weighted by Gasteiger charge is -2.17. The fourth-order valence-corrected chi connectivity index (χ4v) is 2.16. The smallest absolute Gasteiger partial charge is 0.213 e. The highest BCUT2D eigenvalue weighted by molar-refractivity contribution is 5.79. The lowest BCUT2D eigenvalue weighted by atomic mass is 10.2. The van der Waals surface area contributed by atoms with Crippen molar-refractivity contribution in [2.24, 2.45) is 0 Å². The topological polar surface area (TPSA) is 41.2 Å². The van der Waals surface area contributed by atoms with E-state index in [1.165, 1.54) is 5.56 Å². The number of aromatic amines is 1. The number of methoxy groups -OCH3 is 1. The molecule has 4 heteroatoms. The van der Waals surface area contributed by atoms with Crippen LogP contribution in [-0.2, 0) is 6.42 Å². The van der Waals surface area contributed by atoms with Crippen molar-refractivity contribution in [3.63, 3.8) is 0 Å². The van der Waals surface area contributed by atoms with Crippen molar-refractivity contribution in [1.82, 2.24) is 14.9 Å². The predicted molar refractivity (Wildman–Crippen MR) is 74.1 cm³/mol. The van der Waals surface area contributed by atoms with Gasteiger partial charge in [0, 0.05) is 18.8 Å². The summed E-state index contributed by atoms with van der Waals surface area (Å²) in [6.45, 7) is 7.64. The van der Waals surface area contributed by atoms with Gasteiger partial charge in [0.25, 0.3) is 0 Å². The van der Waals surface area contributed by atoms with E-state index in [1.807, 2.05) is 12.1 Å². The molecule has 0 aliphatic rings. The number of hydrogen-bond acceptors (Lipinski definition) is 3. The Balaban J connectivity index is 2.17. The van der Waals surface area contributed by atoms with E-state index in [1.54, 1.807) is 7.11 Å². The highest BCUT2D eigenvalue weighted by Crippen LogP contribution is 2.20. The molecule has 0 saturated carbocycles. The summed E-state index contributed by atoms with van der Waals surface area (Å²) in [5, 5.41) is 0. The number of likely N-dealkylation sites (N-methyl/N-ethyl adjacent to an activating group) is 1. The van der Waals surface area contributed by atoms with E-state index < -0.39 is 0 Å². The Morgan fingerprint density at radius 1 is 1.28 bits per heavy atom. The zero-order valence-electron chi connectivity index (χ0n) is 11.4. The normalized spacial score (nSPS) is 11.3. The van der Waals surface area contributed by atoms with Gasteiger partial charge >= 0.3 is 0 Å². The van der Waals surface area contributed by atoms with Crippen molar-refractivity contribution in [3.05, 3.63) is 23.9 Å². The Hall–Kier alpha value is -1.55. The van der Waals surface area contributed by atoms with E-state index in [0.717, 1.165) is 37.1 Å². The maximum Gasteiger partial charge on any atom is 0.213 e. The fourth-order valence-electron chi connectivity index (χ4n) is 2.16. The minimum Gasteiger partial charge on any atom is -0.481 e. The number of nitrogens with zero attached hydrogens (tertiary/aromatic N) is 2. The second kappa shape index (κ2) is 5.87. The Labute approximate surface area is 108 Å². The van der Waals surface area contributed by atoms with Gasteiger partial charge in [-0.3, -0.25) is 0 Å². The number of nitrogens with one attached hydrogen (secondary N) is 1. The molecule has 0 aromatic carbocycles. The molecule has 0 spiro atoms. The Kier molecular flexibility index (Phi) is 4.20. The van der Waals surface area contributed by atoms with Crippen LogP contribution in [0.4, 0.5) is 0 Å². The molecule has 0 radical (unpaired) electrons. The lowest BCUT2D eigenvalue weighted by Crippen LogP contribution is -2.25. The van der Waals surface area contributed by atoms with Gasteiger partial charge in [-0.25, -0.2) is 4.98 Å². The second-order valence-corrected chi connectivity index (χ2v) is 4.34. The van der Waals surface area contributed by atoms with Gasteiger partial charge in [0.15, 0.2) is 0 Å². The monoisotopic (exact) mass is 247 g/mol. The van der Waals surface area contributed by atoms with Crippen molar-refractivity contribution >= 4 is 11.0 Å². The van der Waals surface area contributed by atoms with Crippen molar-refractivity contribution in [3.8, 4) is 5.88 Å². The number of ether oxygens (including phenoxy) is 1. The van der Waals surface area contributed by atoms with E-state index in [4.69, 9.17) is 4.74 Å². The molecule has 2 aromatic heterocycles. The number of hydrogen-bond donors (Lipinski definition) is 1. The first kappa shape index (κ1) is 12.9. The number of aromatic nitrogens is 2. The summed E-state index contributed by atoms with van der Waals surface area (Å²) in [5.74, 6) is 0.672. The van der Waals surface area contributed by atoms with Crippen LogP contribution in [0.2, 0.25) is 0 Å². The van der Waals surface area contributed by atoms with Gasteiger partial charge in [-0.15, -0.1) is 0 Å². The molecule has 0 fully saturated rings. The molecule has 2 heterocycles. The van der Waals surface area contributed by atoms with Gasteiger partial charge in [0.05, 0.1) is 18.1 Å².